The summed E-state index contributed by atoms with van der Waals surface area (Å²) in [6, 6.07) is 12.3. The van der Waals surface area contributed by atoms with Crippen molar-refractivity contribution in [1.82, 2.24) is 10.2 Å². The van der Waals surface area contributed by atoms with Gasteiger partial charge in [0, 0.05) is 24.2 Å². The quantitative estimate of drug-likeness (QED) is 0.874. The zero-order chi connectivity index (χ0) is 16.8. The molecule has 0 spiro atoms. The number of aryl methyl sites for hydroxylation is 1. The first-order chi connectivity index (χ1) is 11.0. The number of halogens is 2. The van der Waals surface area contributed by atoms with Gasteiger partial charge in [0.15, 0.2) is 0 Å². The van der Waals surface area contributed by atoms with Crippen LogP contribution in [0.2, 0.25) is 5.02 Å². The molecule has 0 heterocycles. The van der Waals surface area contributed by atoms with Gasteiger partial charge in [-0.05, 0) is 36.6 Å². The molecular weight excluding hydrogens is 315 g/mol. The highest BCUT2D eigenvalue weighted by Crippen LogP contribution is 2.20. The summed E-state index contributed by atoms with van der Waals surface area (Å²) in [5.74, 6) is -0.405. The summed E-state index contributed by atoms with van der Waals surface area (Å²) in [5, 5.41) is 3.16. The standard InChI is InChI=1S/C18H20ClFN2O/c1-13-6-3-4-7-14(13)10-11-21-18(23)22(2)12-15-16(19)8-5-9-17(15)20/h3-9H,10-12H2,1-2H3,(H,21,23). The maximum absolute atomic E-state index is 13.7. The van der Waals surface area contributed by atoms with E-state index in [-0.39, 0.29) is 12.6 Å². The fourth-order valence-corrected chi connectivity index (χ4v) is 2.54. The summed E-state index contributed by atoms with van der Waals surface area (Å²) in [5.41, 5.74) is 2.73. The van der Waals surface area contributed by atoms with Gasteiger partial charge in [-0.3, -0.25) is 0 Å². The van der Waals surface area contributed by atoms with Crippen molar-refractivity contribution in [3.63, 3.8) is 0 Å². The normalized spacial score (nSPS) is 10.4. The summed E-state index contributed by atoms with van der Waals surface area (Å²) in [6.07, 6.45) is 0.757. The largest absolute Gasteiger partial charge is 0.338 e. The van der Waals surface area contributed by atoms with Crippen LogP contribution in [0.4, 0.5) is 9.18 Å². The van der Waals surface area contributed by atoms with Gasteiger partial charge in [0.2, 0.25) is 0 Å². The lowest BCUT2D eigenvalue weighted by molar-refractivity contribution is 0.206. The predicted octanol–water partition coefficient (Wildman–Crippen LogP) is 4.17. The molecule has 2 amide bonds. The molecular formula is C18H20ClFN2O. The SMILES string of the molecule is Cc1ccccc1CCNC(=O)N(C)Cc1c(F)cccc1Cl. The molecule has 5 heteroatoms. The van der Waals surface area contributed by atoms with E-state index in [0.29, 0.717) is 17.1 Å². The molecule has 23 heavy (non-hydrogen) atoms. The van der Waals surface area contributed by atoms with Crippen molar-refractivity contribution in [3.8, 4) is 0 Å². The molecule has 0 saturated carbocycles. The van der Waals surface area contributed by atoms with Gasteiger partial charge in [-0.2, -0.15) is 0 Å². The minimum atomic E-state index is -0.405. The number of amides is 2. The van der Waals surface area contributed by atoms with Crippen LogP contribution in [0.1, 0.15) is 16.7 Å². The van der Waals surface area contributed by atoms with Crippen LogP contribution < -0.4 is 5.32 Å². The predicted molar refractivity (Wildman–Crippen MR) is 91.2 cm³/mol. The Morgan fingerprint density at radius 3 is 2.65 bits per heavy atom. The highest BCUT2D eigenvalue weighted by atomic mass is 35.5. The summed E-state index contributed by atoms with van der Waals surface area (Å²) in [4.78, 5) is 13.5. The van der Waals surface area contributed by atoms with Crippen molar-refractivity contribution >= 4 is 17.6 Å². The van der Waals surface area contributed by atoms with Crippen LogP contribution in [-0.2, 0) is 13.0 Å². The first-order valence-electron chi connectivity index (χ1n) is 7.45. The molecule has 2 aromatic carbocycles. The highest BCUT2D eigenvalue weighted by Gasteiger charge is 2.13. The van der Waals surface area contributed by atoms with Crippen molar-refractivity contribution in [2.75, 3.05) is 13.6 Å². The van der Waals surface area contributed by atoms with Gasteiger partial charge in [0.25, 0.3) is 0 Å². The van der Waals surface area contributed by atoms with Gasteiger partial charge in [-0.1, -0.05) is 41.9 Å². The second-order valence-electron chi connectivity index (χ2n) is 5.46. The Balaban J connectivity index is 1.87. The minimum absolute atomic E-state index is 0.127. The van der Waals surface area contributed by atoms with E-state index in [4.69, 9.17) is 11.6 Å². The summed E-state index contributed by atoms with van der Waals surface area (Å²) in [6.45, 7) is 2.70. The second-order valence-corrected chi connectivity index (χ2v) is 5.87. The lowest BCUT2D eigenvalue weighted by Gasteiger charge is -2.19. The maximum Gasteiger partial charge on any atom is 0.317 e. The molecule has 0 aliphatic heterocycles. The molecule has 0 saturated heterocycles. The van der Waals surface area contributed by atoms with Crippen LogP contribution in [0.15, 0.2) is 42.5 Å². The molecule has 0 fully saturated rings. The molecule has 0 bridgehead atoms. The number of rotatable bonds is 5. The lowest BCUT2D eigenvalue weighted by Crippen LogP contribution is -2.38. The summed E-state index contributed by atoms with van der Waals surface area (Å²) in [7, 11) is 1.62. The number of nitrogens with one attached hydrogen (secondary N) is 1. The van der Waals surface area contributed by atoms with E-state index in [0.717, 1.165) is 6.42 Å². The number of nitrogens with zero attached hydrogens (tertiary/aromatic N) is 1. The van der Waals surface area contributed by atoms with Crippen LogP contribution >= 0.6 is 11.6 Å². The number of hydrogen-bond acceptors (Lipinski definition) is 1. The molecule has 2 rings (SSSR count). The van der Waals surface area contributed by atoms with Crippen molar-refractivity contribution < 1.29 is 9.18 Å². The van der Waals surface area contributed by atoms with E-state index in [1.165, 1.54) is 22.1 Å². The Morgan fingerprint density at radius 1 is 1.22 bits per heavy atom. The van der Waals surface area contributed by atoms with Crippen LogP contribution in [0.3, 0.4) is 0 Å². The number of carbonyl (C=O) groups excluding carboxylic acids is 1. The van der Waals surface area contributed by atoms with Crippen molar-refractivity contribution in [3.05, 3.63) is 70.0 Å². The van der Waals surface area contributed by atoms with E-state index >= 15 is 0 Å². The topological polar surface area (TPSA) is 32.3 Å². The number of hydrogen-bond donors (Lipinski definition) is 1. The van der Waals surface area contributed by atoms with Crippen molar-refractivity contribution in [2.24, 2.45) is 0 Å². The molecule has 1 N–H and O–H groups in total. The Morgan fingerprint density at radius 2 is 1.96 bits per heavy atom. The van der Waals surface area contributed by atoms with Gasteiger partial charge < -0.3 is 10.2 Å². The third-order valence-corrected chi connectivity index (χ3v) is 4.09. The van der Waals surface area contributed by atoms with E-state index in [1.54, 1.807) is 19.2 Å². The Labute approximate surface area is 141 Å². The van der Waals surface area contributed by atoms with Crippen molar-refractivity contribution in [1.29, 1.82) is 0 Å². The van der Waals surface area contributed by atoms with Gasteiger partial charge in [0.05, 0.1) is 6.54 Å². The van der Waals surface area contributed by atoms with E-state index in [9.17, 15) is 9.18 Å². The van der Waals surface area contributed by atoms with E-state index in [2.05, 4.69) is 5.32 Å². The third kappa shape index (κ3) is 4.70. The molecule has 2 aromatic rings. The highest BCUT2D eigenvalue weighted by molar-refractivity contribution is 6.31. The second kappa shape index (κ2) is 7.97. The van der Waals surface area contributed by atoms with E-state index in [1.807, 2.05) is 31.2 Å². The van der Waals surface area contributed by atoms with Crippen molar-refractivity contribution in [2.45, 2.75) is 19.9 Å². The molecule has 0 atom stereocenters. The van der Waals surface area contributed by atoms with Gasteiger partial charge in [0.1, 0.15) is 5.82 Å². The fourth-order valence-electron chi connectivity index (χ4n) is 2.32. The average Bonchev–Trinajstić information content (AvgIpc) is 2.52. The Kier molecular flexibility index (Phi) is 5.99. The zero-order valence-electron chi connectivity index (χ0n) is 13.3. The third-order valence-electron chi connectivity index (χ3n) is 3.74. The van der Waals surface area contributed by atoms with Crippen LogP contribution in [0.25, 0.3) is 0 Å². The zero-order valence-corrected chi connectivity index (χ0v) is 14.0. The first kappa shape index (κ1) is 17.3. The van der Waals surface area contributed by atoms with Gasteiger partial charge in [-0.15, -0.1) is 0 Å². The molecule has 122 valence electrons. The first-order valence-corrected chi connectivity index (χ1v) is 7.83. The fraction of sp³-hybridized carbons (Fsp3) is 0.278. The number of urea groups is 1. The van der Waals surface area contributed by atoms with Gasteiger partial charge in [-0.25, -0.2) is 9.18 Å². The van der Waals surface area contributed by atoms with Crippen LogP contribution in [0.5, 0.6) is 0 Å². The molecule has 3 nitrogen and oxygen atoms in total. The molecule has 0 aliphatic carbocycles. The lowest BCUT2D eigenvalue weighted by atomic mass is 10.1. The van der Waals surface area contributed by atoms with E-state index < -0.39 is 5.82 Å². The van der Waals surface area contributed by atoms with Gasteiger partial charge >= 0.3 is 6.03 Å². The molecule has 0 aliphatic rings. The van der Waals surface area contributed by atoms with Crippen LogP contribution in [0, 0.1) is 12.7 Å². The maximum atomic E-state index is 13.7. The van der Waals surface area contributed by atoms with Crippen LogP contribution in [-0.4, -0.2) is 24.5 Å². The Bertz CT molecular complexity index is 670. The number of benzene rings is 2. The molecule has 0 radical (unpaired) electrons. The smallest absolute Gasteiger partial charge is 0.317 e. The monoisotopic (exact) mass is 334 g/mol. The Hall–Kier alpha value is -2.07. The molecule has 0 aromatic heterocycles. The average molecular weight is 335 g/mol. The number of carbonyl (C=O) groups is 1. The summed E-state index contributed by atoms with van der Waals surface area (Å²) >= 11 is 5.98. The molecule has 0 unspecified atom stereocenters. The summed E-state index contributed by atoms with van der Waals surface area (Å²) < 4.78 is 13.7. The minimum Gasteiger partial charge on any atom is -0.338 e.